The molecule has 2 amide bonds. The van der Waals surface area contributed by atoms with Crippen LogP contribution >= 0.6 is 0 Å². The van der Waals surface area contributed by atoms with Crippen LogP contribution in [0.3, 0.4) is 0 Å². The van der Waals surface area contributed by atoms with E-state index in [9.17, 15) is 9.59 Å². The topological polar surface area (TPSA) is 52.7 Å². The van der Waals surface area contributed by atoms with Crippen molar-refractivity contribution in [1.82, 2.24) is 15.1 Å². The van der Waals surface area contributed by atoms with Crippen molar-refractivity contribution in [2.45, 2.75) is 26.2 Å². The summed E-state index contributed by atoms with van der Waals surface area (Å²) in [4.78, 5) is 26.9. The summed E-state index contributed by atoms with van der Waals surface area (Å²) in [5.41, 5.74) is 0. The maximum Gasteiger partial charge on any atom is 0.241 e. The van der Waals surface area contributed by atoms with Gasteiger partial charge < -0.3 is 15.1 Å². The molecule has 1 rings (SSSR count). The van der Waals surface area contributed by atoms with Crippen LogP contribution in [0.15, 0.2) is 0 Å². The molecule has 0 aliphatic carbocycles. The number of carbonyl (C=O) groups excluding carboxylic acids is 2. The van der Waals surface area contributed by atoms with Crippen molar-refractivity contribution in [2.75, 3.05) is 40.3 Å². The highest BCUT2D eigenvalue weighted by Crippen LogP contribution is 2.15. The van der Waals surface area contributed by atoms with Gasteiger partial charge in [0.05, 0.1) is 6.54 Å². The minimum Gasteiger partial charge on any atom is -0.347 e. The third kappa shape index (κ3) is 4.64. The SMILES string of the molecule is CCN(CC(=O)N(C)C)C(=O)CC1CCCNC1. The molecule has 5 heteroatoms. The largest absolute Gasteiger partial charge is 0.347 e. The van der Waals surface area contributed by atoms with E-state index in [-0.39, 0.29) is 18.4 Å². The van der Waals surface area contributed by atoms with Crippen molar-refractivity contribution >= 4 is 11.8 Å². The van der Waals surface area contributed by atoms with Crippen LogP contribution in [0, 0.1) is 5.92 Å². The van der Waals surface area contributed by atoms with Crippen LogP contribution in [0.2, 0.25) is 0 Å². The Bertz CT molecular complexity index is 286. The fourth-order valence-electron chi connectivity index (χ4n) is 2.16. The van der Waals surface area contributed by atoms with Gasteiger partial charge in [-0.2, -0.15) is 0 Å². The van der Waals surface area contributed by atoms with E-state index < -0.39 is 0 Å². The van der Waals surface area contributed by atoms with Crippen LogP contribution in [0.5, 0.6) is 0 Å². The Morgan fingerprint density at radius 1 is 1.28 bits per heavy atom. The number of nitrogens with one attached hydrogen (secondary N) is 1. The molecule has 1 N–H and O–H groups in total. The summed E-state index contributed by atoms with van der Waals surface area (Å²) in [7, 11) is 3.43. The lowest BCUT2D eigenvalue weighted by molar-refractivity contribution is -0.139. The van der Waals surface area contributed by atoms with Crippen molar-refractivity contribution in [1.29, 1.82) is 0 Å². The van der Waals surface area contributed by atoms with Crippen molar-refractivity contribution in [2.24, 2.45) is 5.92 Å². The van der Waals surface area contributed by atoms with Gasteiger partial charge in [0, 0.05) is 27.1 Å². The van der Waals surface area contributed by atoms with Gasteiger partial charge in [0.1, 0.15) is 0 Å². The lowest BCUT2D eigenvalue weighted by Gasteiger charge is -2.27. The van der Waals surface area contributed by atoms with E-state index in [2.05, 4.69) is 5.32 Å². The molecule has 0 aromatic carbocycles. The molecular weight excluding hydrogens is 230 g/mol. The van der Waals surface area contributed by atoms with E-state index in [0.29, 0.717) is 18.9 Å². The molecule has 1 unspecified atom stereocenters. The van der Waals surface area contributed by atoms with E-state index in [1.54, 1.807) is 19.0 Å². The lowest BCUT2D eigenvalue weighted by atomic mass is 9.95. The summed E-state index contributed by atoms with van der Waals surface area (Å²) in [6.07, 6.45) is 2.81. The highest BCUT2D eigenvalue weighted by atomic mass is 16.2. The molecule has 0 saturated carbocycles. The van der Waals surface area contributed by atoms with E-state index >= 15 is 0 Å². The van der Waals surface area contributed by atoms with Gasteiger partial charge in [0.15, 0.2) is 0 Å². The number of likely N-dealkylation sites (N-methyl/N-ethyl adjacent to an activating group) is 2. The molecule has 1 aliphatic heterocycles. The van der Waals surface area contributed by atoms with Gasteiger partial charge in [0.2, 0.25) is 11.8 Å². The fourth-order valence-corrected chi connectivity index (χ4v) is 2.16. The second-order valence-corrected chi connectivity index (χ2v) is 5.11. The molecule has 0 spiro atoms. The van der Waals surface area contributed by atoms with E-state index in [4.69, 9.17) is 0 Å². The Balaban J connectivity index is 2.43. The molecule has 1 heterocycles. The van der Waals surface area contributed by atoms with Crippen molar-refractivity contribution in [3.8, 4) is 0 Å². The Labute approximate surface area is 110 Å². The molecule has 0 aromatic heterocycles. The van der Waals surface area contributed by atoms with Crippen LogP contribution in [0.25, 0.3) is 0 Å². The molecule has 1 fully saturated rings. The first-order valence-corrected chi connectivity index (χ1v) is 6.73. The van der Waals surface area contributed by atoms with Gasteiger partial charge in [-0.05, 0) is 38.8 Å². The smallest absolute Gasteiger partial charge is 0.241 e. The number of carbonyl (C=O) groups is 2. The summed E-state index contributed by atoms with van der Waals surface area (Å²) in [5, 5.41) is 3.31. The Morgan fingerprint density at radius 2 is 2.00 bits per heavy atom. The first-order chi connectivity index (χ1) is 8.54. The molecule has 18 heavy (non-hydrogen) atoms. The third-order valence-corrected chi connectivity index (χ3v) is 3.42. The zero-order chi connectivity index (χ0) is 13.5. The van der Waals surface area contributed by atoms with Crippen LogP contribution in [0.4, 0.5) is 0 Å². The molecule has 0 aromatic rings. The molecule has 0 radical (unpaired) electrons. The highest BCUT2D eigenvalue weighted by molar-refractivity contribution is 5.84. The maximum absolute atomic E-state index is 12.1. The number of piperidine rings is 1. The minimum atomic E-state index is -0.0213. The summed E-state index contributed by atoms with van der Waals surface area (Å²) in [6.45, 7) is 4.69. The molecule has 1 saturated heterocycles. The Morgan fingerprint density at radius 3 is 2.50 bits per heavy atom. The zero-order valence-corrected chi connectivity index (χ0v) is 11.7. The lowest BCUT2D eigenvalue weighted by Crippen LogP contribution is -2.42. The van der Waals surface area contributed by atoms with Crippen LogP contribution in [-0.4, -0.2) is 61.9 Å². The molecule has 5 nitrogen and oxygen atoms in total. The van der Waals surface area contributed by atoms with Gasteiger partial charge in [-0.1, -0.05) is 0 Å². The standard InChI is InChI=1S/C13H25N3O2/c1-4-16(10-13(18)15(2)3)12(17)8-11-6-5-7-14-9-11/h11,14H,4-10H2,1-3H3. The highest BCUT2D eigenvalue weighted by Gasteiger charge is 2.21. The van der Waals surface area contributed by atoms with Crippen molar-refractivity contribution < 1.29 is 9.59 Å². The summed E-state index contributed by atoms with van der Waals surface area (Å²) in [6, 6.07) is 0. The molecular formula is C13H25N3O2. The van der Waals surface area contributed by atoms with E-state index in [1.165, 1.54) is 4.90 Å². The fraction of sp³-hybridized carbons (Fsp3) is 0.846. The number of hydrogen-bond donors (Lipinski definition) is 1. The molecule has 104 valence electrons. The zero-order valence-electron chi connectivity index (χ0n) is 11.7. The van der Waals surface area contributed by atoms with E-state index in [1.807, 2.05) is 6.92 Å². The first-order valence-electron chi connectivity index (χ1n) is 6.73. The van der Waals surface area contributed by atoms with Crippen molar-refractivity contribution in [3.63, 3.8) is 0 Å². The second kappa shape index (κ2) is 7.36. The average Bonchev–Trinajstić information content (AvgIpc) is 2.36. The number of rotatable bonds is 5. The summed E-state index contributed by atoms with van der Waals surface area (Å²) >= 11 is 0. The third-order valence-electron chi connectivity index (χ3n) is 3.42. The monoisotopic (exact) mass is 255 g/mol. The van der Waals surface area contributed by atoms with Gasteiger partial charge >= 0.3 is 0 Å². The predicted octanol–water partition coefficient (Wildman–Crippen LogP) is 0.313. The number of hydrogen-bond acceptors (Lipinski definition) is 3. The molecule has 0 bridgehead atoms. The minimum absolute atomic E-state index is 0.0213. The van der Waals surface area contributed by atoms with Gasteiger partial charge in [-0.15, -0.1) is 0 Å². The van der Waals surface area contributed by atoms with Gasteiger partial charge in [-0.3, -0.25) is 9.59 Å². The van der Waals surface area contributed by atoms with Crippen LogP contribution in [0.1, 0.15) is 26.2 Å². The van der Waals surface area contributed by atoms with Gasteiger partial charge in [-0.25, -0.2) is 0 Å². The molecule has 1 atom stereocenters. The molecule has 1 aliphatic rings. The maximum atomic E-state index is 12.1. The van der Waals surface area contributed by atoms with Crippen LogP contribution in [-0.2, 0) is 9.59 Å². The number of amides is 2. The van der Waals surface area contributed by atoms with Crippen LogP contribution < -0.4 is 5.32 Å². The Hall–Kier alpha value is -1.10. The quantitative estimate of drug-likeness (QED) is 0.769. The first kappa shape index (κ1) is 15.0. The average molecular weight is 255 g/mol. The normalized spacial score (nSPS) is 19.4. The summed E-state index contributed by atoms with van der Waals surface area (Å²) < 4.78 is 0. The van der Waals surface area contributed by atoms with Gasteiger partial charge in [0.25, 0.3) is 0 Å². The summed E-state index contributed by atoms with van der Waals surface area (Å²) in [5.74, 6) is 0.503. The predicted molar refractivity (Wildman–Crippen MR) is 71.2 cm³/mol. The number of nitrogens with zero attached hydrogens (tertiary/aromatic N) is 2. The second-order valence-electron chi connectivity index (χ2n) is 5.11. The Kier molecular flexibility index (Phi) is 6.12. The van der Waals surface area contributed by atoms with E-state index in [0.717, 1.165) is 25.9 Å². The van der Waals surface area contributed by atoms with Crippen molar-refractivity contribution in [3.05, 3.63) is 0 Å².